The Morgan fingerprint density at radius 3 is 1.47 bits per heavy atom. The SMILES string of the molecule is O=C(Nc1cc(-c2ccc(-c3nc(-c4ccccc4)nc(-c4ccccc4)n3)cc2)ccc1-c1ccccc1-c1ccccc1)c1cccc2ccccc12. The molecule has 0 unspecified atom stereocenters. The van der Waals surface area contributed by atoms with Crippen LogP contribution in [0.1, 0.15) is 10.4 Å². The van der Waals surface area contributed by atoms with Crippen LogP contribution in [0, 0.1) is 0 Å². The average Bonchev–Trinajstić information content (AvgIpc) is 3.27. The zero-order valence-corrected chi connectivity index (χ0v) is 29.8. The molecular formula is C50H34N4O. The van der Waals surface area contributed by atoms with Crippen molar-refractivity contribution in [1.82, 2.24) is 15.0 Å². The fraction of sp³-hybridized carbons (Fsp3) is 0. The molecule has 0 aliphatic carbocycles. The maximum atomic E-state index is 14.1. The molecule has 1 heterocycles. The second-order valence-corrected chi connectivity index (χ2v) is 13.3. The Kier molecular flexibility index (Phi) is 9.01. The Morgan fingerprint density at radius 2 is 0.836 bits per heavy atom. The van der Waals surface area contributed by atoms with Crippen molar-refractivity contribution < 1.29 is 4.79 Å². The van der Waals surface area contributed by atoms with Crippen LogP contribution in [0.4, 0.5) is 5.69 Å². The molecule has 5 nitrogen and oxygen atoms in total. The van der Waals surface area contributed by atoms with Crippen molar-refractivity contribution in [1.29, 1.82) is 0 Å². The Morgan fingerprint density at radius 1 is 0.364 bits per heavy atom. The summed E-state index contributed by atoms with van der Waals surface area (Å²) >= 11 is 0. The first-order valence-electron chi connectivity index (χ1n) is 18.2. The first kappa shape index (κ1) is 33.3. The van der Waals surface area contributed by atoms with Crippen molar-refractivity contribution in [3.05, 3.63) is 206 Å². The zero-order chi connectivity index (χ0) is 37.0. The smallest absolute Gasteiger partial charge is 0.256 e. The van der Waals surface area contributed by atoms with Gasteiger partial charge in [0.25, 0.3) is 5.91 Å². The molecule has 9 aromatic rings. The summed E-state index contributed by atoms with van der Waals surface area (Å²) < 4.78 is 0. The molecule has 0 aliphatic heterocycles. The van der Waals surface area contributed by atoms with Gasteiger partial charge in [-0.1, -0.05) is 188 Å². The molecule has 9 rings (SSSR count). The summed E-state index contributed by atoms with van der Waals surface area (Å²) in [5.74, 6) is 1.66. The highest BCUT2D eigenvalue weighted by atomic mass is 16.1. The third-order valence-corrected chi connectivity index (χ3v) is 9.78. The van der Waals surface area contributed by atoms with Crippen molar-refractivity contribution in [3.63, 3.8) is 0 Å². The largest absolute Gasteiger partial charge is 0.321 e. The zero-order valence-electron chi connectivity index (χ0n) is 29.8. The maximum absolute atomic E-state index is 14.1. The normalized spacial score (nSPS) is 11.0. The Bertz CT molecular complexity index is 2720. The molecule has 0 saturated heterocycles. The highest BCUT2D eigenvalue weighted by molar-refractivity contribution is 6.14. The van der Waals surface area contributed by atoms with Gasteiger partial charge in [0.15, 0.2) is 17.5 Å². The number of carbonyl (C=O) groups excluding carboxylic acids is 1. The first-order valence-corrected chi connectivity index (χ1v) is 18.2. The van der Waals surface area contributed by atoms with Gasteiger partial charge < -0.3 is 5.32 Å². The monoisotopic (exact) mass is 706 g/mol. The molecule has 1 N–H and O–H groups in total. The quantitative estimate of drug-likeness (QED) is 0.171. The van der Waals surface area contributed by atoms with Crippen molar-refractivity contribution in [2.75, 3.05) is 5.32 Å². The summed E-state index contributed by atoms with van der Waals surface area (Å²) in [6.07, 6.45) is 0. The number of anilines is 1. The van der Waals surface area contributed by atoms with Crippen LogP contribution in [0.15, 0.2) is 200 Å². The standard InChI is InChI=1S/C50H34N4O/c55-50(45-26-14-22-36-17-10-11-24-42(36)45)51-46-33-40(31-32-44(46)43-25-13-12-23-41(43)35-15-4-1-5-16-35)34-27-29-39(30-28-34)49-53-47(37-18-6-2-7-19-37)52-48(54-49)38-20-8-3-9-21-38/h1-33H,(H,51,55). The highest BCUT2D eigenvalue weighted by Crippen LogP contribution is 2.39. The van der Waals surface area contributed by atoms with Gasteiger partial charge in [-0.2, -0.15) is 0 Å². The minimum Gasteiger partial charge on any atom is -0.321 e. The van der Waals surface area contributed by atoms with Crippen LogP contribution in [0.2, 0.25) is 0 Å². The number of fused-ring (bicyclic) bond motifs is 1. The van der Waals surface area contributed by atoms with Gasteiger partial charge >= 0.3 is 0 Å². The lowest BCUT2D eigenvalue weighted by Gasteiger charge is -2.17. The summed E-state index contributed by atoms with van der Waals surface area (Å²) in [6.45, 7) is 0. The summed E-state index contributed by atoms with van der Waals surface area (Å²) in [5, 5.41) is 5.25. The van der Waals surface area contributed by atoms with Crippen LogP contribution in [-0.2, 0) is 0 Å². The van der Waals surface area contributed by atoms with E-state index in [-0.39, 0.29) is 5.91 Å². The average molecular weight is 707 g/mol. The van der Waals surface area contributed by atoms with E-state index >= 15 is 0 Å². The molecule has 0 bridgehead atoms. The van der Waals surface area contributed by atoms with Crippen LogP contribution < -0.4 is 5.32 Å². The molecule has 0 radical (unpaired) electrons. The number of carbonyl (C=O) groups is 1. The van der Waals surface area contributed by atoms with Gasteiger partial charge in [0.2, 0.25) is 0 Å². The van der Waals surface area contributed by atoms with E-state index in [4.69, 9.17) is 15.0 Å². The molecule has 1 amide bonds. The number of nitrogens with one attached hydrogen (secondary N) is 1. The number of hydrogen-bond donors (Lipinski definition) is 1. The van der Waals surface area contributed by atoms with Crippen LogP contribution in [0.25, 0.3) is 78.3 Å². The predicted octanol–water partition coefficient (Wildman–Crippen LogP) is 12.3. The highest BCUT2D eigenvalue weighted by Gasteiger charge is 2.18. The number of benzene rings is 8. The van der Waals surface area contributed by atoms with Gasteiger partial charge in [0, 0.05) is 33.5 Å². The Balaban J connectivity index is 1.12. The van der Waals surface area contributed by atoms with Gasteiger partial charge in [-0.05, 0) is 50.7 Å². The van der Waals surface area contributed by atoms with Crippen molar-refractivity contribution in [3.8, 4) is 67.5 Å². The van der Waals surface area contributed by atoms with Gasteiger partial charge in [-0.15, -0.1) is 0 Å². The molecular weight excluding hydrogens is 673 g/mol. The Hall–Kier alpha value is -7.50. The molecule has 8 aromatic carbocycles. The number of nitrogens with zero attached hydrogens (tertiary/aromatic N) is 3. The lowest BCUT2D eigenvalue weighted by molar-refractivity contribution is 0.102. The van der Waals surface area contributed by atoms with E-state index in [0.29, 0.717) is 23.0 Å². The summed E-state index contributed by atoms with van der Waals surface area (Å²) in [4.78, 5) is 28.8. The lowest BCUT2D eigenvalue weighted by atomic mass is 9.91. The minimum absolute atomic E-state index is 0.166. The summed E-state index contributed by atoms with van der Waals surface area (Å²) in [5.41, 5.74) is 10.2. The minimum atomic E-state index is -0.166. The fourth-order valence-corrected chi connectivity index (χ4v) is 7.01. The third-order valence-electron chi connectivity index (χ3n) is 9.78. The van der Waals surface area contributed by atoms with Gasteiger partial charge in [0.05, 0.1) is 0 Å². The van der Waals surface area contributed by atoms with Gasteiger partial charge in [-0.25, -0.2) is 15.0 Å². The van der Waals surface area contributed by atoms with Crippen molar-refractivity contribution in [2.24, 2.45) is 0 Å². The molecule has 5 heteroatoms. The topological polar surface area (TPSA) is 67.8 Å². The number of aromatic nitrogens is 3. The second-order valence-electron chi connectivity index (χ2n) is 13.3. The van der Waals surface area contributed by atoms with Gasteiger partial charge in [0.1, 0.15) is 0 Å². The second kappa shape index (κ2) is 14.9. The lowest BCUT2D eigenvalue weighted by Crippen LogP contribution is -2.13. The Labute approximate surface area is 319 Å². The molecule has 0 atom stereocenters. The molecule has 0 spiro atoms. The van der Waals surface area contributed by atoms with E-state index in [1.807, 2.05) is 146 Å². The van der Waals surface area contributed by atoms with E-state index in [1.54, 1.807) is 0 Å². The van der Waals surface area contributed by atoms with E-state index in [0.717, 1.165) is 66.5 Å². The molecule has 1 aromatic heterocycles. The maximum Gasteiger partial charge on any atom is 0.256 e. The van der Waals surface area contributed by atoms with Gasteiger partial charge in [-0.3, -0.25) is 4.79 Å². The number of amides is 1. The fourth-order valence-electron chi connectivity index (χ4n) is 7.01. The molecule has 260 valence electrons. The summed E-state index contributed by atoms with van der Waals surface area (Å²) in [6, 6.07) is 67.0. The summed E-state index contributed by atoms with van der Waals surface area (Å²) in [7, 11) is 0. The van der Waals surface area contributed by atoms with Crippen LogP contribution in [0.3, 0.4) is 0 Å². The van der Waals surface area contributed by atoms with E-state index in [2.05, 4.69) is 59.9 Å². The van der Waals surface area contributed by atoms with E-state index < -0.39 is 0 Å². The molecule has 0 saturated carbocycles. The number of hydrogen-bond acceptors (Lipinski definition) is 4. The van der Waals surface area contributed by atoms with Crippen LogP contribution in [0.5, 0.6) is 0 Å². The predicted molar refractivity (Wildman–Crippen MR) is 224 cm³/mol. The van der Waals surface area contributed by atoms with Crippen molar-refractivity contribution in [2.45, 2.75) is 0 Å². The third kappa shape index (κ3) is 6.90. The molecule has 55 heavy (non-hydrogen) atoms. The van der Waals surface area contributed by atoms with Crippen LogP contribution >= 0.6 is 0 Å². The first-order chi connectivity index (χ1) is 27.2. The number of rotatable bonds is 8. The van der Waals surface area contributed by atoms with E-state index in [9.17, 15) is 4.79 Å². The van der Waals surface area contributed by atoms with E-state index in [1.165, 1.54) is 0 Å². The molecule has 0 fully saturated rings. The van der Waals surface area contributed by atoms with Crippen LogP contribution in [-0.4, -0.2) is 20.9 Å². The molecule has 0 aliphatic rings. The van der Waals surface area contributed by atoms with Crippen molar-refractivity contribution >= 4 is 22.4 Å².